The summed E-state index contributed by atoms with van der Waals surface area (Å²) in [6.45, 7) is 0.500. The van der Waals surface area contributed by atoms with Crippen LogP contribution < -0.4 is 11.1 Å². The molecule has 20 heavy (non-hydrogen) atoms. The van der Waals surface area contributed by atoms with E-state index in [9.17, 15) is 4.39 Å². The van der Waals surface area contributed by atoms with Gasteiger partial charge in [-0.1, -0.05) is 48.2 Å². The minimum atomic E-state index is -0.314. The number of hydrogen-bond acceptors (Lipinski definition) is 2. The zero-order valence-corrected chi connectivity index (χ0v) is 14.6. The Morgan fingerprint density at radius 2 is 1.60 bits per heavy atom. The Labute approximate surface area is 145 Å². The maximum absolute atomic E-state index is 13.3. The van der Waals surface area contributed by atoms with Crippen LogP contribution >= 0.6 is 0 Å². The first kappa shape index (κ1) is 19.2. The second kappa shape index (κ2) is 10.9. The van der Waals surface area contributed by atoms with Crippen LogP contribution in [0.25, 0.3) is 5.32 Å². The third-order valence-corrected chi connectivity index (χ3v) is 2.27. The van der Waals surface area contributed by atoms with Crippen LogP contribution in [0.4, 0.5) is 15.8 Å². The summed E-state index contributed by atoms with van der Waals surface area (Å²) in [7, 11) is 3.75. The van der Waals surface area contributed by atoms with Crippen molar-refractivity contribution in [1.29, 1.82) is 0 Å². The molecule has 0 aromatic heterocycles. The van der Waals surface area contributed by atoms with Crippen LogP contribution in [0.15, 0.2) is 48.5 Å². The van der Waals surface area contributed by atoms with E-state index >= 15 is 0 Å². The van der Waals surface area contributed by atoms with Crippen molar-refractivity contribution in [2.45, 2.75) is 6.54 Å². The second-order valence-electron chi connectivity index (χ2n) is 3.93. The fourth-order valence-electron chi connectivity index (χ4n) is 1.39. The molecule has 0 bridgehead atoms. The van der Waals surface area contributed by atoms with Gasteiger partial charge in [0.1, 0.15) is 5.82 Å². The molecular formula is C15H19FN3Y-. The summed E-state index contributed by atoms with van der Waals surface area (Å²) in [5.74, 6) is -0.314. The number of nitrogens with one attached hydrogen (secondary N) is 1. The van der Waals surface area contributed by atoms with Crippen LogP contribution in [0.3, 0.4) is 0 Å². The smallest absolute Gasteiger partial charge is 0.108 e. The first-order chi connectivity index (χ1) is 9.21. The summed E-state index contributed by atoms with van der Waals surface area (Å²) >= 11 is 0. The van der Waals surface area contributed by atoms with E-state index in [-0.39, 0.29) is 38.5 Å². The van der Waals surface area contributed by atoms with E-state index in [1.165, 1.54) is 6.07 Å². The van der Waals surface area contributed by atoms with Crippen molar-refractivity contribution in [1.82, 2.24) is 5.32 Å². The first-order valence-electron chi connectivity index (χ1n) is 6.05. The topological polar surface area (TPSA) is 52.1 Å². The molecule has 3 N–H and O–H groups in total. The van der Waals surface area contributed by atoms with Gasteiger partial charge in [-0.25, -0.2) is 4.39 Å². The van der Waals surface area contributed by atoms with Crippen molar-refractivity contribution in [2.75, 3.05) is 14.1 Å². The van der Waals surface area contributed by atoms with Gasteiger partial charge in [-0.2, -0.15) is 0 Å². The molecule has 0 aliphatic carbocycles. The van der Waals surface area contributed by atoms with Gasteiger partial charge in [-0.3, -0.25) is 0 Å². The van der Waals surface area contributed by atoms with Crippen LogP contribution in [0.5, 0.6) is 0 Å². The van der Waals surface area contributed by atoms with E-state index in [0.29, 0.717) is 12.2 Å². The molecule has 1 radical (unpaired) electrons. The van der Waals surface area contributed by atoms with Crippen molar-refractivity contribution in [3.05, 3.63) is 65.2 Å². The molecule has 2 aromatic rings. The molecule has 0 atom stereocenters. The van der Waals surface area contributed by atoms with Crippen molar-refractivity contribution >= 4 is 11.4 Å². The SMILES string of the molecule is CNC.NCc1ccc([N-]c2ccccc2F)cc1.[Y]. The number of hydrogen-bond donors (Lipinski definition) is 2. The zero-order valence-electron chi connectivity index (χ0n) is 11.8. The summed E-state index contributed by atoms with van der Waals surface area (Å²) < 4.78 is 13.3. The van der Waals surface area contributed by atoms with Gasteiger partial charge in [-0.05, 0) is 25.7 Å². The van der Waals surface area contributed by atoms with Crippen LogP contribution in [-0.4, -0.2) is 14.1 Å². The Balaban J connectivity index is 0.000000830. The summed E-state index contributed by atoms with van der Waals surface area (Å²) in [5, 5.41) is 6.95. The van der Waals surface area contributed by atoms with Gasteiger partial charge in [-0.15, -0.1) is 5.69 Å². The number of benzene rings is 2. The quantitative estimate of drug-likeness (QED) is 0.892. The van der Waals surface area contributed by atoms with Crippen molar-refractivity contribution < 1.29 is 37.1 Å². The van der Waals surface area contributed by atoms with Gasteiger partial charge in [0.25, 0.3) is 0 Å². The molecule has 0 fully saturated rings. The minimum absolute atomic E-state index is 0. The molecule has 0 aliphatic heterocycles. The van der Waals surface area contributed by atoms with Crippen molar-refractivity contribution in [3.8, 4) is 0 Å². The molecule has 0 saturated heterocycles. The van der Waals surface area contributed by atoms with Crippen LogP contribution in [0.2, 0.25) is 0 Å². The predicted molar refractivity (Wildman–Crippen MR) is 78.4 cm³/mol. The Morgan fingerprint density at radius 1 is 1.05 bits per heavy atom. The van der Waals surface area contributed by atoms with Crippen molar-refractivity contribution in [3.63, 3.8) is 0 Å². The van der Waals surface area contributed by atoms with E-state index in [1.807, 2.05) is 38.4 Å². The van der Waals surface area contributed by atoms with Gasteiger partial charge in [0.05, 0.1) is 0 Å². The molecule has 5 heteroatoms. The van der Waals surface area contributed by atoms with Crippen LogP contribution in [-0.2, 0) is 39.3 Å². The number of rotatable bonds is 3. The molecule has 105 valence electrons. The Hall–Kier alpha value is -0.806. The summed E-state index contributed by atoms with van der Waals surface area (Å²) in [6, 6.07) is 13.9. The predicted octanol–water partition coefficient (Wildman–Crippen LogP) is 3.45. The van der Waals surface area contributed by atoms with Crippen LogP contribution in [0, 0.1) is 5.82 Å². The van der Waals surface area contributed by atoms with Crippen molar-refractivity contribution in [2.24, 2.45) is 5.73 Å². The number of nitrogens with zero attached hydrogens (tertiary/aromatic N) is 1. The van der Waals surface area contributed by atoms with E-state index in [4.69, 9.17) is 5.73 Å². The average molecular weight is 349 g/mol. The average Bonchev–Trinajstić information content (AvgIpc) is 2.43. The largest absolute Gasteiger partial charge is 0.655 e. The third kappa shape index (κ3) is 6.57. The Bertz CT molecular complexity index is 489. The van der Waals surface area contributed by atoms with Gasteiger partial charge in [0.15, 0.2) is 0 Å². The maximum Gasteiger partial charge on any atom is 0.108 e. The first-order valence-corrected chi connectivity index (χ1v) is 6.05. The maximum atomic E-state index is 13.3. The molecule has 3 nitrogen and oxygen atoms in total. The zero-order chi connectivity index (χ0) is 14.1. The van der Waals surface area contributed by atoms with Crippen LogP contribution in [0.1, 0.15) is 5.56 Å². The number of nitrogens with two attached hydrogens (primary N) is 1. The molecular weight excluding hydrogens is 330 g/mol. The molecule has 2 rings (SSSR count). The van der Waals surface area contributed by atoms with Gasteiger partial charge >= 0.3 is 0 Å². The fourth-order valence-corrected chi connectivity index (χ4v) is 1.39. The summed E-state index contributed by atoms with van der Waals surface area (Å²) in [5.41, 5.74) is 7.60. The molecule has 0 heterocycles. The van der Waals surface area contributed by atoms with Gasteiger partial charge < -0.3 is 16.4 Å². The molecule has 0 spiro atoms. The molecule has 0 amide bonds. The van der Waals surface area contributed by atoms with E-state index < -0.39 is 0 Å². The Morgan fingerprint density at radius 3 is 2.10 bits per heavy atom. The fraction of sp³-hybridized carbons (Fsp3) is 0.200. The normalized spacial score (nSPS) is 9.00. The second-order valence-corrected chi connectivity index (χ2v) is 3.93. The monoisotopic (exact) mass is 349 g/mol. The molecule has 2 aromatic carbocycles. The summed E-state index contributed by atoms with van der Waals surface area (Å²) in [4.78, 5) is 0. The minimum Gasteiger partial charge on any atom is -0.655 e. The molecule has 0 unspecified atom stereocenters. The Kier molecular flexibility index (Phi) is 10.5. The number of para-hydroxylation sites is 1. The van der Waals surface area contributed by atoms with Gasteiger partial charge in [0, 0.05) is 39.3 Å². The molecule has 0 aliphatic rings. The van der Waals surface area contributed by atoms with E-state index in [2.05, 4.69) is 10.6 Å². The standard InChI is InChI=1S/C13H12FN2.C2H7N.Y/c14-12-3-1-2-4-13(12)16-11-7-5-10(9-15)6-8-11;1-3-2;/h1-8H,9,15H2;3H,1-2H3;/q-1;;. The molecule has 0 saturated carbocycles. The van der Waals surface area contributed by atoms with E-state index in [1.54, 1.807) is 18.2 Å². The van der Waals surface area contributed by atoms with E-state index in [0.717, 1.165) is 11.3 Å². The number of halogens is 1. The van der Waals surface area contributed by atoms with Gasteiger partial charge in [0.2, 0.25) is 0 Å². The third-order valence-electron chi connectivity index (χ3n) is 2.27. The summed E-state index contributed by atoms with van der Waals surface area (Å²) in [6.07, 6.45) is 0.